The van der Waals surface area contributed by atoms with Crippen LogP contribution < -0.4 is 10.1 Å². The molecule has 3 rings (SSSR count). The zero-order valence-electron chi connectivity index (χ0n) is 13.2. The van der Waals surface area contributed by atoms with Gasteiger partial charge in [-0.15, -0.1) is 0 Å². The quantitative estimate of drug-likeness (QED) is 0.753. The number of ether oxygens (including phenoxy) is 1. The number of benzene rings is 1. The summed E-state index contributed by atoms with van der Waals surface area (Å²) in [6.07, 6.45) is 2.67. The second-order valence-corrected chi connectivity index (χ2v) is 5.19. The number of aryl methyl sites for hydroxylation is 1. The minimum atomic E-state index is -0.130. The van der Waals surface area contributed by atoms with E-state index in [2.05, 4.69) is 15.5 Å². The van der Waals surface area contributed by atoms with Gasteiger partial charge < -0.3 is 9.26 Å². The summed E-state index contributed by atoms with van der Waals surface area (Å²) >= 11 is 0. The molecule has 0 aliphatic carbocycles. The molecule has 24 heavy (non-hydrogen) atoms. The number of amides is 1. The van der Waals surface area contributed by atoms with Gasteiger partial charge in [-0.1, -0.05) is 23.4 Å². The van der Waals surface area contributed by atoms with Gasteiger partial charge in [0.05, 0.1) is 12.8 Å². The number of methoxy groups -OCH3 is 1. The molecule has 0 radical (unpaired) electrons. The number of carbonyl (C=O) groups is 1. The Morgan fingerprint density at radius 3 is 2.71 bits per heavy atom. The lowest BCUT2D eigenvalue weighted by Crippen LogP contribution is -2.11. The van der Waals surface area contributed by atoms with Crippen molar-refractivity contribution in [2.24, 2.45) is 0 Å². The number of aromatic nitrogens is 2. The molecule has 1 aromatic carbocycles. The van der Waals surface area contributed by atoms with Crippen LogP contribution in [0.15, 0.2) is 59.3 Å². The monoisotopic (exact) mass is 323 g/mol. The van der Waals surface area contributed by atoms with Crippen LogP contribution in [0.2, 0.25) is 0 Å². The maximum Gasteiger partial charge on any atom is 0.231 e. The van der Waals surface area contributed by atoms with Crippen LogP contribution in [-0.2, 0) is 11.2 Å². The standard InChI is InChI=1S/C18H17N3O3/c1-23-14-8-5-13(6-9-14)7-10-17(22)20-18-12-16(21-24-18)15-4-2-3-11-19-15/h2-6,8-9,11-12H,7,10H2,1H3,(H,20,22). The predicted molar refractivity (Wildman–Crippen MR) is 89.7 cm³/mol. The summed E-state index contributed by atoms with van der Waals surface area (Å²) in [6, 6.07) is 14.8. The lowest BCUT2D eigenvalue weighted by molar-refractivity contribution is -0.116. The first-order valence-corrected chi connectivity index (χ1v) is 7.55. The van der Waals surface area contributed by atoms with Gasteiger partial charge in [0.15, 0.2) is 0 Å². The van der Waals surface area contributed by atoms with Crippen molar-refractivity contribution in [1.29, 1.82) is 0 Å². The topological polar surface area (TPSA) is 77.2 Å². The Hall–Kier alpha value is -3.15. The highest BCUT2D eigenvalue weighted by Crippen LogP contribution is 2.19. The van der Waals surface area contributed by atoms with Gasteiger partial charge in [0.25, 0.3) is 0 Å². The number of nitrogens with zero attached hydrogens (tertiary/aromatic N) is 2. The van der Waals surface area contributed by atoms with Crippen molar-refractivity contribution in [2.75, 3.05) is 12.4 Å². The highest BCUT2D eigenvalue weighted by Gasteiger charge is 2.10. The molecule has 0 unspecified atom stereocenters. The molecule has 0 saturated carbocycles. The predicted octanol–water partition coefficient (Wildman–Crippen LogP) is 3.32. The van der Waals surface area contributed by atoms with Gasteiger partial charge in [0.1, 0.15) is 11.4 Å². The fourth-order valence-corrected chi connectivity index (χ4v) is 2.22. The largest absolute Gasteiger partial charge is 0.497 e. The minimum Gasteiger partial charge on any atom is -0.497 e. The molecule has 0 fully saturated rings. The first-order chi connectivity index (χ1) is 11.7. The van der Waals surface area contributed by atoms with Crippen molar-refractivity contribution in [1.82, 2.24) is 10.1 Å². The van der Waals surface area contributed by atoms with E-state index in [1.54, 1.807) is 19.4 Å². The normalized spacial score (nSPS) is 10.4. The fraction of sp³-hybridized carbons (Fsp3) is 0.167. The summed E-state index contributed by atoms with van der Waals surface area (Å²) in [5, 5.41) is 6.62. The Morgan fingerprint density at radius 2 is 2.00 bits per heavy atom. The number of nitrogens with one attached hydrogen (secondary N) is 1. The zero-order valence-corrected chi connectivity index (χ0v) is 13.2. The summed E-state index contributed by atoms with van der Waals surface area (Å²) in [4.78, 5) is 16.2. The summed E-state index contributed by atoms with van der Waals surface area (Å²) in [5.74, 6) is 0.983. The number of pyridine rings is 1. The minimum absolute atomic E-state index is 0.130. The highest BCUT2D eigenvalue weighted by atomic mass is 16.5. The van der Waals surface area contributed by atoms with E-state index in [1.165, 1.54) is 0 Å². The Labute approximate surface area is 139 Å². The van der Waals surface area contributed by atoms with E-state index in [0.717, 1.165) is 11.3 Å². The Morgan fingerprint density at radius 1 is 1.17 bits per heavy atom. The highest BCUT2D eigenvalue weighted by molar-refractivity contribution is 5.89. The van der Waals surface area contributed by atoms with Crippen LogP contribution in [-0.4, -0.2) is 23.2 Å². The van der Waals surface area contributed by atoms with Crippen LogP contribution >= 0.6 is 0 Å². The molecule has 0 aliphatic heterocycles. The van der Waals surface area contributed by atoms with Crippen LogP contribution in [0, 0.1) is 0 Å². The Bertz CT molecular complexity index is 798. The molecule has 6 nitrogen and oxygen atoms in total. The van der Waals surface area contributed by atoms with E-state index in [-0.39, 0.29) is 5.91 Å². The molecule has 3 aromatic rings. The molecule has 0 bridgehead atoms. The lowest BCUT2D eigenvalue weighted by atomic mass is 10.1. The van der Waals surface area contributed by atoms with Gasteiger partial charge in [0, 0.05) is 18.7 Å². The summed E-state index contributed by atoms with van der Waals surface area (Å²) in [6.45, 7) is 0. The Balaban J connectivity index is 1.54. The zero-order chi connectivity index (χ0) is 16.8. The second kappa shape index (κ2) is 7.41. The third-order valence-corrected chi connectivity index (χ3v) is 3.50. The van der Waals surface area contributed by atoms with Gasteiger partial charge in [0.2, 0.25) is 11.8 Å². The molecular formula is C18H17N3O3. The van der Waals surface area contributed by atoms with Crippen molar-refractivity contribution in [3.63, 3.8) is 0 Å². The molecule has 0 spiro atoms. The summed E-state index contributed by atoms with van der Waals surface area (Å²) in [5.41, 5.74) is 2.35. The van der Waals surface area contributed by atoms with Crippen LogP contribution in [0.1, 0.15) is 12.0 Å². The number of carbonyl (C=O) groups excluding carboxylic acids is 1. The fourth-order valence-electron chi connectivity index (χ4n) is 2.22. The van der Waals surface area contributed by atoms with E-state index in [1.807, 2.05) is 42.5 Å². The van der Waals surface area contributed by atoms with E-state index < -0.39 is 0 Å². The van der Waals surface area contributed by atoms with Gasteiger partial charge in [-0.3, -0.25) is 15.1 Å². The molecule has 0 aliphatic rings. The molecule has 1 N–H and O–H groups in total. The van der Waals surface area contributed by atoms with Crippen LogP contribution in [0.5, 0.6) is 5.75 Å². The van der Waals surface area contributed by atoms with Crippen LogP contribution in [0.4, 0.5) is 5.88 Å². The molecule has 122 valence electrons. The summed E-state index contributed by atoms with van der Waals surface area (Å²) in [7, 11) is 1.62. The molecule has 0 saturated heterocycles. The van der Waals surface area contributed by atoms with E-state index in [0.29, 0.717) is 30.1 Å². The number of hydrogen-bond acceptors (Lipinski definition) is 5. The Kier molecular flexibility index (Phi) is 4.86. The van der Waals surface area contributed by atoms with Crippen molar-refractivity contribution in [3.8, 4) is 17.1 Å². The maximum absolute atomic E-state index is 12.0. The number of anilines is 1. The molecule has 1 amide bonds. The van der Waals surface area contributed by atoms with E-state index in [4.69, 9.17) is 9.26 Å². The lowest BCUT2D eigenvalue weighted by Gasteiger charge is -2.03. The molecule has 6 heteroatoms. The molecule has 0 atom stereocenters. The molecular weight excluding hydrogens is 306 g/mol. The van der Waals surface area contributed by atoms with Gasteiger partial charge in [-0.2, -0.15) is 0 Å². The van der Waals surface area contributed by atoms with Crippen molar-refractivity contribution >= 4 is 11.8 Å². The van der Waals surface area contributed by atoms with Crippen molar-refractivity contribution < 1.29 is 14.1 Å². The van der Waals surface area contributed by atoms with Gasteiger partial charge in [-0.25, -0.2) is 0 Å². The van der Waals surface area contributed by atoms with Crippen LogP contribution in [0.3, 0.4) is 0 Å². The number of rotatable bonds is 6. The van der Waals surface area contributed by atoms with Crippen molar-refractivity contribution in [3.05, 3.63) is 60.3 Å². The van der Waals surface area contributed by atoms with Crippen LogP contribution in [0.25, 0.3) is 11.4 Å². The maximum atomic E-state index is 12.0. The average Bonchev–Trinajstić information content (AvgIpc) is 3.09. The number of hydrogen-bond donors (Lipinski definition) is 1. The molecule has 2 aromatic heterocycles. The van der Waals surface area contributed by atoms with Crippen molar-refractivity contribution in [2.45, 2.75) is 12.8 Å². The smallest absolute Gasteiger partial charge is 0.231 e. The third kappa shape index (κ3) is 3.98. The first-order valence-electron chi connectivity index (χ1n) is 7.55. The van der Waals surface area contributed by atoms with Gasteiger partial charge >= 0.3 is 0 Å². The second-order valence-electron chi connectivity index (χ2n) is 5.19. The average molecular weight is 323 g/mol. The molecule has 2 heterocycles. The van der Waals surface area contributed by atoms with Gasteiger partial charge in [-0.05, 0) is 36.2 Å². The first kappa shape index (κ1) is 15.7. The SMILES string of the molecule is COc1ccc(CCC(=O)Nc2cc(-c3ccccn3)no2)cc1. The van der Waals surface area contributed by atoms with E-state index >= 15 is 0 Å². The third-order valence-electron chi connectivity index (χ3n) is 3.50. The van der Waals surface area contributed by atoms with E-state index in [9.17, 15) is 4.79 Å². The summed E-state index contributed by atoms with van der Waals surface area (Å²) < 4.78 is 10.2.